The summed E-state index contributed by atoms with van der Waals surface area (Å²) in [5.41, 5.74) is 0.509. The van der Waals surface area contributed by atoms with E-state index in [1.807, 2.05) is 4.90 Å². The van der Waals surface area contributed by atoms with Crippen LogP contribution in [0.1, 0.15) is 19.8 Å². The number of carbonyl (C=O) groups excluding carboxylic acids is 1. The Morgan fingerprint density at radius 3 is 2.71 bits per heavy atom. The van der Waals surface area contributed by atoms with Gasteiger partial charge in [0, 0.05) is 24.4 Å². The summed E-state index contributed by atoms with van der Waals surface area (Å²) in [6.45, 7) is 3.07. The standard InChI is InChI=1S/C14H19N3O4/c1-10(16-8-2-3-13(18)9-16)14(19)15-11-4-6-12(7-5-11)17(20)21/h4-7,10,13,18H,2-3,8-9H2,1H3,(H,15,19)/t10-,13-/m0/s1. The molecule has 1 amide bonds. The average Bonchev–Trinajstić information content (AvgIpc) is 2.47. The summed E-state index contributed by atoms with van der Waals surface area (Å²) >= 11 is 0. The Balaban J connectivity index is 1.95. The molecule has 1 aliphatic rings. The summed E-state index contributed by atoms with van der Waals surface area (Å²) in [7, 11) is 0. The van der Waals surface area contributed by atoms with Crippen LogP contribution in [-0.4, -0.2) is 46.1 Å². The molecule has 0 bridgehead atoms. The molecule has 1 fully saturated rings. The maximum absolute atomic E-state index is 12.2. The van der Waals surface area contributed by atoms with Gasteiger partial charge in [-0.05, 0) is 38.4 Å². The molecule has 2 N–H and O–H groups in total. The molecule has 0 aromatic heterocycles. The number of non-ortho nitro benzene ring substituents is 1. The van der Waals surface area contributed by atoms with E-state index in [1.54, 1.807) is 6.92 Å². The van der Waals surface area contributed by atoms with Crippen LogP contribution in [0, 0.1) is 10.1 Å². The first-order chi connectivity index (χ1) is 9.97. The number of hydrogen-bond donors (Lipinski definition) is 2. The molecule has 1 aliphatic heterocycles. The predicted octanol–water partition coefficient (Wildman–Crippen LogP) is 1.38. The van der Waals surface area contributed by atoms with Gasteiger partial charge >= 0.3 is 0 Å². The second kappa shape index (κ2) is 6.64. The number of hydrogen-bond acceptors (Lipinski definition) is 5. The van der Waals surface area contributed by atoms with Gasteiger partial charge in [0.1, 0.15) is 0 Å². The lowest BCUT2D eigenvalue weighted by Gasteiger charge is -2.33. The molecule has 2 atom stereocenters. The van der Waals surface area contributed by atoms with Gasteiger partial charge in [0.2, 0.25) is 5.91 Å². The Bertz CT molecular complexity index is 517. The fourth-order valence-electron chi connectivity index (χ4n) is 2.41. The molecular weight excluding hydrogens is 274 g/mol. The second-order valence-corrected chi connectivity index (χ2v) is 5.26. The third-order valence-electron chi connectivity index (χ3n) is 3.70. The lowest BCUT2D eigenvalue weighted by atomic mass is 10.1. The topological polar surface area (TPSA) is 95.7 Å². The third-order valence-corrected chi connectivity index (χ3v) is 3.70. The first kappa shape index (κ1) is 15.4. The summed E-state index contributed by atoms with van der Waals surface area (Å²) in [6.07, 6.45) is 1.26. The number of benzene rings is 1. The van der Waals surface area contributed by atoms with Gasteiger partial charge in [0.25, 0.3) is 5.69 Å². The summed E-state index contributed by atoms with van der Waals surface area (Å²) in [4.78, 5) is 24.2. The van der Waals surface area contributed by atoms with Gasteiger partial charge in [-0.3, -0.25) is 19.8 Å². The van der Waals surface area contributed by atoms with Crippen molar-refractivity contribution in [1.29, 1.82) is 0 Å². The molecule has 1 heterocycles. The monoisotopic (exact) mass is 293 g/mol. The van der Waals surface area contributed by atoms with Crippen molar-refractivity contribution in [2.45, 2.75) is 31.9 Å². The number of carbonyl (C=O) groups is 1. The van der Waals surface area contributed by atoms with Crippen LogP contribution in [0.25, 0.3) is 0 Å². The molecule has 21 heavy (non-hydrogen) atoms. The van der Waals surface area contributed by atoms with Crippen LogP contribution >= 0.6 is 0 Å². The van der Waals surface area contributed by atoms with E-state index in [1.165, 1.54) is 24.3 Å². The Morgan fingerprint density at radius 2 is 2.14 bits per heavy atom. The number of nitro groups is 1. The van der Waals surface area contributed by atoms with Gasteiger partial charge in [-0.25, -0.2) is 0 Å². The minimum absolute atomic E-state index is 0.0137. The van der Waals surface area contributed by atoms with Crippen LogP contribution in [0.2, 0.25) is 0 Å². The number of aliphatic hydroxyl groups excluding tert-OH is 1. The van der Waals surface area contributed by atoms with Gasteiger partial charge in [-0.15, -0.1) is 0 Å². The van der Waals surface area contributed by atoms with E-state index in [0.29, 0.717) is 12.2 Å². The minimum Gasteiger partial charge on any atom is -0.392 e. The van der Waals surface area contributed by atoms with E-state index < -0.39 is 4.92 Å². The lowest BCUT2D eigenvalue weighted by Crippen LogP contribution is -2.48. The van der Waals surface area contributed by atoms with E-state index in [4.69, 9.17) is 0 Å². The van der Waals surface area contributed by atoms with Crippen LogP contribution in [0.4, 0.5) is 11.4 Å². The number of aliphatic hydroxyl groups is 1. The summed E-state index contributed by atoms with van der Waals surface area (Å²) in [5.74, 6) is -0.182. The molecule has 7 heteroatoms. The number of piperidine rings is 1. The number of amides is 1. The molecule has 0 spiro atoms. The number of β-amino-alcohol motifs (C(OH)–C–C–N with tert-alkyl or cyclic N) is 1. The fourth-order valence-corrected chi connectivity index (χ4v) is 2.41. The highest BCUT2D eigenvalue weighted by Crippen LogP contribution is 2.17. The van der Waals surface area contributed by atoms with Crippen LogP contribution in [-0.2, 0) is 4.79 Å². The van der Waals surface area contributed by atoms with E-state index in [-0.39, 0.29) is 23.7 Å². The molecular formula is C14H19N3O4. The highest BCUT2D eigenvalue weighted by molar-refractivity contribution is 5.94. The highest BCUT2D eigenvalue weighted by atomic mass is 16.6. The van der Waals surface area contributed by atoms with Crippen molar-refractivity contribution >= 4 is 17.3 Å². The molecule has 0 aliphatic carbocycles. The maximum Gasteiger partial charge on any atom is 0.269 e. The Hall–Kier alpha value is -1.99. The van der Waals surface area contributed by atoms with Gasteiger partial charge in [0.05, 0.1) is 17.1 Å². The van der Waals surface area contributed by atoms with Crippen LogP contribution in [0.3, 0.4) is 0 Å². The van der Waals surface area contributed by atoms with Crippen LogP contribution in [0.5, 0.6) is 0 Å². The molecule has 7 nitrogen and oxygen atoms in total. The zero-order chi connectivity index (χ0) is 15.4. The van der Waals surface area contributed by atoms with Gasteiger partial charge < -0.3 is 10.4 Å². The molecule has 2 rings (SSSR count). The first-order valence-electron chi connectivity index (χ1n) is 6.95. The Kier molecular flexibility index (Phi) is 4.87. The van der Waals surface area contributed by atoms with E-state index in [9.17, 15) is 20.0 Å². The zero-order valence-corrected chi connectivity index (χ0v) is 11.9. The number of likely N-dealkylation sites (tertiary alicyclic amines) is 1. The number of anilines is 1. The van der Waals surface area contributed by atoms with Crippen molar-refractivity contribution in [3.63, 3.8) is 0 Å². The highest BCUT2D eigenvalue weighted by Gasteiger charge is 2.26. The van der Waals surface area contributed by atoms with Crippen molar-refractivity contribution in [2.75, 3.05) is 18.4 Å². The average molecular weight is 293 g/mol. The SMILES string of the molecule is C[C@@H](C(=O)Nc1ccc([N+](=O)[O-])cc1)N1CCC[C@H](O)C1. The number of nitro benzene ring substituents is 1. The van der Waals surface area contributed by atoms with Crippen molar-refractivity contribution in [3.05, 3.63) is 34.4 Å². The molecule has 0 radical (unpaired) electrons. The number of rotatable bonds is 4. The quantitative estimate of drug-likeness (QED) is 0.646. The third kappa shape index (κ3) is 3.99. The Morgan fingerprint density at radius 1 is 1.48 bits per heavy atom. The van der Waals surface area contributed by atoms with Crippen LogP contribution < -0.4 is 5.32 Å². The molecule has 0 unspecified atom stereocenters. The fraction of sp³-hybridized carbons (Fsp3) is 0.500. The first-order valence-corrected chi connectivity index (χ1v) is 6.95. The van der Waals surface area contributed by atoms with Gasteiger partial charge in [0.15, 0.2) is 0 Å². The molecule has 0 saturated carbocycles. The van der Waals surface area contributed by atoms with Gasteiger partial charge in [-0.1, -0.05) is 0 Å². The second-order valence-electron chi connectivity index (χ2n) is 5.26. The molecule has 1 aromatic rings. The maximum atomic E-state index is 12.2. The van der Waals surface area contributed by atoms with E-state index in [0.717, 1.165) is 19.4 Å². The lowest BCUT2D eigenvalue weighted by molar-refractivity contribution is -0.384. The van der Waals surface area contributed by atoms with Crippen molar-refractivity contribution in [3.8, 4) is 0 Å². The van der Waals surface area contributed by atoms with Crippen molar-refractivity contribution < 1.29 is 14.8 Å². The summed E-state index contributed by atoms with van der Waals surface area (Å²) in [5, 5.41) is 22.9. The Labute approximate surface area is 122 Å². The molecule has 1 aromatic carbocycles. The van der Waals surface area contributed by atoms with Gasteiger partial charge in [-0.2, -0.15) is 0 Å². The van der Waals surface area contributed by atoms with Crippen LogP contribution in [0.15, 0.2) is 24.3 Å². The summed E-state index contributed by atoms with van der Waals surface area (Å²) in [6, 6.07) is 5.37. The number of nitrogens with one attached hydrogen (secondary N) is 1. The van der Waals surface area contributed by atoms with Crippen molar-refractivity contribution in [2.24, 2.45) is 0 Å². The van der Waals surface area contributed by atoms with E-state index >= 15 is 0 Å². The number of nitrogens with zero attached hydrogens (tertiary/aromatic N) is 2. The molecule has 114 valence electrons. The predicted molar refractivity (Wildman–Crippen MR) is 78.0 cm³/mol. The van der Waals surface area contributed by atoms with Crippen molar-refractivity contribution in [1.82, 2.24) is 4.90 Å². The summed E-state index contributed by atoms with van der Waals surface area (Å²) < 4.78 is 0. The van der Waals surface area contributed by atoms with E-state index in [2.05, 4.69) is 5.32 Å². The zero-order valence-electron chi connectivity index (χ0n) is 11.9. The normalized spacial score (nSPS) is 20.8. The molecule has 1 saturated heterocycles. The smallest absolute Gasteiger partial charge is 0.269 e. The minimum atomic E-state index is -0.483. The largest absolute Gasteiger partial charge is 0.392 e.